The molecule has 0 bridgehead atoms. The maximum atomic E-state index is 8.75. The predicted octanol–water partition coefficient (Wildman–Crippen LogP) is 2.51. The second-order valence-electron chi connectivity index (χ2n) is 4.59. The molecule has 1 heterocycles. The summed E-state index contributed by atoms with van der Waals surface area (Å²) in [5.41, 5.74) is 2.28. The van der Waals surface area contributed by atoms with Gasteiger partial charge in [-0.1, -0.05) is 18.2 Å². The number of hydrogen-bond acceptors (Lipinski definition) is 5. The van der Waals surface area contributed by atoms with E-state index in [9.17, 15) is 0 Å². The van der Waals surface area contributed by atoms with Crippen molar-refractivity contribution in [3.63, 3.8) is 0 Å². The van der Waals surface area contributed by atoms with Crippen molar-refractivity contribution in [3.8, 4) is 6.07 Å². The molecule has 1 aromatic carbocycles. The minimum absolute atomic E-state index is 0.296. The second kappa shape index (κ2) is 6.02. The summed E-state index contributed by atoms with van der Waals surface area (Å²) in [6.07, 6.45) is 1.52. The van der Waals surface area contributed by atoms with E-state index in [4.69, 9.17) is 5.26 Å². The van der Waals surface area contributed by atoms with Gasteiger partial charge < -0.3 is 9.80 Å². The predicted molar refractivity (Wildman–Crippen MR) is 80.2 cm³/mol. The lowest BCUT2D eigenvalue weighted by atomic mass is 10.2. The lowest BCUT2D eigenvalue weighted by Crippen LogP contribution is -2.20. The lowest BCUT2D eigenvalue weighted by molar-refractivity contribution is 0.970. The van der Waals surface area contributed by atoms with E-state index >= 15 is 0 Å². The van der Waals surface area contributed by atoms with Gasteiger partial charge in [-0.05, 0) is 18.6 Å². The van der Waals surface area contributed by atoms with E-state index in [0.717, 1.165) is 17.3 Å². The van der Waals surface area contributed by atoms with Crippen LogP contribution in [0.4, 0.5) is 17.3 Å². The van der Waals surface area contributed by atoms with Gasteiger partial charge in [0.1, 0.15) is 24.5 Å². The van der Waals surface area contributed by atoms with Crippen LogP contribution in [-0.2, 0) is 0 Å². The summed E-state index contributed by atoms with van der Waals surface area (Å²) in [6, 6.07) is 12.1. The van der Waals surface area contributed by atoms with Gasteiger partial charge in [0.25, 0.3) is 0 Å². The molecule has 20 heavy (non-hydrogen) atoms. The zero-order valence-corrected chi connectivity index (χ0v) is 11.9. The Morgan fingerprint density at radius 3 is 2.55 bits per heavy atom. The number of rotatable bonds is 4. The van der Waals surface area contributed by atoms with Crippen LogP contribution in [0.3, 0.4) is 0 Å². The number of nitrogens with zero attached hydrogens (tertiary/aromatic N) is 5. The Kier molecular flexibility index (Phi) is 4.16. The van der Waals surface area contributed by atoms with Gasteiger partial charge in [0, 0.05) is 25.8 Å². The van der Waals surface area contributed by atoms with Gasteiger partial charge in [0.15, 0.2) is 0 Å². The zero-order chi connectivity index (χ0) is 14.5. The molecule has 0 atom stereocenters. The summed E-state index contributed by atoms with van der Waals surface area (Å²) in [4.78, 5) is 12.3. The Morgan fingerprint density at radius 1 is 1.15 bits per heavy atom. The summed E-state index contributed by atoms with van der Waals surface area (Å²) in [5, 5.41) is 8.75. The first-order valence-electron chi connectivity index (χ1n) is 6.33. The molecule has 0 N–H and O–H groups in total. The van der Waals surface area contributed by atoms with Gasteiger partial charge in [-0.15, -0.1) is 0 Å². The summed E-state index contributed by atoms with van der Waals surface area (Å²) in [7, 11) is 3.81. The summed E-state index contributed by atoms with van der Waals surface area (Å²) in [5.74, 6) is 1.53. The smallest absolute Gasteiger partial charge is 0.138 e. The highest BCUT2D eigenvalue weighted by Gasteiger charge is 2.10. The van der Waals surface area contributed by atoms with E-state index in [1.807, 2.05) is 37.2 Å². The molecule has 0 aliphatic heterocycles. The van der Waals surface area contributed by atoms with E-state index in [2.05, 4.69) is 35.1 Å². The van der Waals surface area contributed by atoms with Gasteiger partial charge in [-0.25, -0.2) is 9.97 Å². The van der Waals surface area contributed by atoms with E-state index in [1.165, 1.54) is 11.9 Å². The highest BCUT2D eigenvalue weighted by molar-refractivity contribution is 5.64. The van der Waals surface area contributed by atoms with E-state index < -0.39 is 0 Å². The van der Waals surface area contributed by atoms with Crippen molar-refractivity contribution in [1.29, 1.82) is 5.26 Å². The molecule has 2 rings (SSSR count). The largest absolute Gasteiger partial charge is 0.346 e. The van der Waals surface area contributed by atoms with E-state index in [1.54, 1.807) is 4.90 Å². The van der Waals surface area contributed by atoms with Gasteiger partial charge in [-0.3, -0.25) is 0 Å². The average Bonchev–Trinajstić information content (AvgIpc) is 2.47. The van der Waals surface area contributed by atoms with Crippen LogP contribution in [0.1, 0.15) is 5.56 Å². The number of para-hydroxylation sites is 1. The fraction of sp³-hybridized carbons (Fsp3) is 0.267. The maximum absolute atomic E-state index is 8.75. The van der Waals surface area contributed by atoms with Crippen molar-refractivity contribution in [2.75, 3.05) is 30.4 Å². The van der Waals surface area contributed by atoms with Crippen LogP contribution in [-0.4, -0.2) is 30.6 Å². The zero-order valence-electron chi connectivity index (χ0n) is 11.9. The van der Waals surface area contributed by atoms with Gasteiger partial charge in [0.05, 0.1) is 6.07 Å². The maximum Gasteiger partial charge on any atom is 0.138 e. The molecule has 0 saturated carbocycles. The van der Waals surface area contributed by atoms with Crippen molar-refractivity contribution in [2.45, 2.75) is 6.92 Å². The number of aryl methyl sites for hydroxylation is 1. The fourth-order valence-electron chi connectivity index (χ4n) is 1.98. The molecule has 0 radical (unpaired) electrons. The highest BCUT2D eigenvalue weighted by atomic mass is 15.2. The fourth-order valence-corrected chi connectivity index (χ4v) is 1.98. The van der Waals surface area contributed by atoms with Crippen LogP contribution in [0, 0.1) is 18.3 Å². The third-order valence-corrected chi connectivity index (χ3v) is 3.16. The molecule has 0 saturated heterocycles. The molecule has 102 valence electrons. The SMILES string of the molecule is Cc1ccccc1N(C)c1cc(N(C)CC#N)ncn1. The number of hydrogen-bond donors (Lipinski definition) is 0. The molecule has 0 aliphatic rings. The standard InChI is InChI=1S/C15H17N5/c1-12-6-4-5-7-13(12)20(3)15-10-14(17-11-18-15)19(2)9-8-16/h4-7,10-11H,9H2,1-3H3. The molecular weight excluding hydrogens is 250 g/mol. The van der Waals surface area contributed by atoms with Crippen LogP contribution < -0.4 is 9.80 Å². The Bertz CT molecular complexity index is 632. The first-order chi connectivity index (χ1) is 9.63. The first kappa shape index (κ1) is 13.8. The first-order valence-corrected chi connectivity index (χ1v) is 6.33. The molecule has 5 nitrogen and oxygen atoms in total. The van der Waals surface area contributed by atoms with Gasteiger partial charge >= 0.3 is 0 Å². The summed E-state index contributed by atoms with van der Waals surface area (Å²) < 4.78 is 0. The van der Waals surface area contributed by atoms with E-state index in [-0.39, 0.29) is 0 Å². The number of aromatic nitrogens is 2. The second-order valence-corrected chi connectivity index (χ2v) is 4.59. The molecule has 0 aliphatic carbocycles. The lowest BCUT2D eigenvalue weighted by Gasteiger charge is -2.22. The monoisotopic (exact) mass is 267 g/mol. The minimum Gasteiger partial charge on any atom is -0.346 e. The van der Waals surface area contributed by atoms with Crippen molar-refractivity contribution in [2.24, 2.45) is 0 Å². The number of benzene rings is 1. The Balaban J connectivity index is 2.32. The normalized spacial score (nSPS) is 9.90. The van der Waals surface area contributed by atoms with E-state index in [0.29, 0.717) is 6.54 Å². The summed E-state index contributed by atoms with van der Waals surface area (Å²) in [6.45, 7) is 2.36. The highest BCUT2D eigenvalue weighted by Crippen LogP contribution is 2.26. The molecule has 5 heteroatoms. The van der Waals surface area contributed by atoms with Crippen LogP contribution >= 0.6 is 0 Å². The van der Waals surface area contributed by atoms with Crippen LogP contribution in [0.5, 0.6) is 0 Å². The van der Waals surface area contributed by atoms with Gasteiger partial charge in [0.2, 0.25) is 0 Å². The minimum atomic E-state index is 0.296. The molecule has 2 aromatic rings. The van der Waals surface area contributed by atoms with Crippen molar-refractivity contribution < 1.29 is 0 Å². The van der Waals surface area contributed by atoms with Crippen LogP contribution in [0.25, 0.3) is 0 Å². The third-order valence-electron chi connectivity index (χ3n) is 3.16. The average molecular weight is 267 g/mol. The van der Waals surface area contributed by atoms with Crippen LogP contribution in [0.2, 0.25) is 0 Å². The van der Waals surface area contributed by atoms with Crippen molar-refractivity contribution >= 4 is 17.3 Å². The molecule has 0 unspecified atom stereocenters. The topological polar surface area (TPSA) is 56.0 Å². The quantitative estimate of drug-likeness (QED) is 0.797. The molecule has 0 amide bonds. The molecule has 0 fully saturated rings. The number of anilines is 3. The summed E-state index contributed by atoms with van der Waals surface area (Å²) >= 11 is 0. The van der Waals surface area contributed by atoms with Crippen LogP contribution in [0.15, 0.2) is 36.7 Å². The Morgan fingerprint density at radius 2 is 1.85 bits per heavy atom. The molecule has 1 aromatic heterocycles. The van der Waals surface area contributed by atoms with Crippen molar-refractivity contribution in [1.82, 2.24) is 9.97 Å². The van der Waals surface area contributed by atoms with Crippen molar-refractivity contribution in [3.05, 3.63) is 42.2 Å². The Labute approximate surface area is 119 Å². The molecule has 0 spiro atoms. The number of nitriles is 1. The third kappa shape index (κ3) is 2.86. The molecular formula is C15H17N5. The Hall–Kier alpha value is -2.61. The van der Waals surface area contributed by atoms with Gasteiger partial charge in [-0.2, -0.15) is 5.26 Å².